The monoisotopic (exact) mass is 339 g/mol. The van der Waals surface area contributed by atoms with Gasteiger partial charge < -0.3 is 5.32 Å². The maximum absolute atomic E-state index is 12.6. The molecule has 4 nitrogen and oxygen atoms in total. The van der Waals surface area contributed by atoms with E-state index in [1.807, 2.05) is 0 Å². The van der Waals surface area contributed by atoms with Gasteiger partial charge in [-0.05, 0) is 25.1 Å². The Morgan fingerprint density at radius 2 is 2.05 bits per heavy atom. The van der Waals surface area contributed by atoms with E-state index in [9.17, 15) is 18.0 Å². The highest BCUT2D eigenvalue weighted by molar-refractivity contribution is 6.42. The van der Waals surface area contributed by atoms with Gasteiger partial charge in [0.05, 0.1) is 10.0 Å². The number of carbonyl (C=O) groups is 1. The summed E-state index contributed by atoms with van der Waals surface area (Å²) >= 11 is 11.5. The lowest BCUT2D eigenvalue weighted by molar-refractivity contribution is -0.148. The second-order valence-corrected chi connectivity index (χ2v) is 5.65. The average molecular weight is 340 g/mol. The Labute approximate surface area is 128 Å². The molecule has 0 saturated heterocycles. The smallest absolute Gasteiger partial charge is 0.324 e. The van der Waals surface area contributed by atoms with Crippen molar-refractivity contribution in [3.05, 3.63) is 28.2 Å². The minimum atomic E-state index is -4.51. The van der Waals surface area contributed by atoms with Gasteiger partial charge in [0.1, 0.15) is 0 Å². The summed E-state index contributed by atoms with van der Waals surface area (Å²) in [4.78, 5) is 12.1. The van der Waals surface area contributed by atoms with E-state index in [-0.39, 0.29) is 5.02 Å². The van der Waals surface area contributed by atoms with Crippen LogP contribution in [-0.2, 0) is 4.79 Å². The molecule has 1 aliphatic rings. The van der Waals surface area contributed by atoms with E-state index in [1.54, 1.807) is 0 Å². The first kappa shape index (κ1) is 16.0. The van der Waals surface area contributed by atoms with Gasteiger partial charge in [-0.25, -0.2) is 0 Å². The van der Waals surface area contributed by atoms with Crippen LogP contribution in [0.25, 0.3) is 0 Å². The van der Waals surface area contributed by atoms with Gasteiger partial charge in [-0.3, -0.25) is 4.79 Å². The molecule has 21 heavy (non-hydrogen) atoms. The van der Waals surface area contributed by atoms with E-state index >= 15 is 0 Å². The van der Waals surface area contributed by atoms with E-state index < -0.39 is 30.1 Å². The number of nitrogens with zero attached hydrogens (tertiary/aromatic N) is 2. The third-order valence-corrected chi connectivity index (χ3v) is 3.79. The first-order valence-electron chi connectivity index (χ1n) is 5.87. The molecule has 0 fully saturated rings. The van der Waals surface area contributed by atoms with Crippen LogP contribution in [0.3, 0.4) is 0 Å². The number of hydrogen-bond acceptors (Lipinski definition) is 3. The number of anilines is 1. The van der Waals surface area contributed by atoms with Gasteiger partial charge >= 0.3 is 6.18 Å². The standard InChI is InChI=1S/C12H10Cl2F3N3O/c1-11(5-9(19-20-11)12(15,16)17)10(21)18-6-2-3-7(13)8(14)4-6/h2-4,9H,5H2,1H3,(H,18,21). The molecule has 1 amide bonds. The number of amides is 1. The molecule has 2 atom stereocenters. The summed E-state index contributed by atoms with van der Waals surface area (Å²) in [5, 5.41) is 9.62. The second kappa shape index (κ2) is 5.46. The number of hydrogen-bond donors (Lipinski definition) is 1. The number of benzene rings is 1. The van der Waals surface area contributed by atoms with E-state index in [4.69, 9.17) is 23.2 Å². The molecule has 0 bridgehead atoms. The van der Waals surface area contributed by atoms with E-state index in [0.717, 1.165) is 0 Å². The van der Waals surface area contributed by atoms with Crippen LogP contribution in [0, 0.1) is 0 Å². The summed E-state index contributed by atoms with van der Waals surface area (Å²) in [7, 11) is 0. The van der Waals surface area contributed by atoms with Crippen molar-refractivity contribution in [2.75, 3.05) is 5.32 Å². The molecule has 0 aliphatic carbocycles. The number of rotatable bonds is 2. The lowest BCUT2D eigenvalue weighted by atomic mass is 9.94. The van der Waals surface area contributed by atoms with E-state index in [0.29, 0.717) is 10.7 Å². The van der Waals surface area contributed by atoms with Crippen LogP contribution in [0.15, 0.2) is 28.4 Å². The molecular formula is C12H10Cl2F3N3O. The van der Waals surface area contributed by atoms with Crippen molar-refractivity contribution in [3.63, 3.8) is 0 Å². The first-order chi connectivity index (χ1) is 9.62. The van der Waals surface area contributed by atoms with Crippen molar-refractivity contribution >= 4 is 34.8 Å². The van der Waals surface area contributed by atoms with Crippen LogP contribution in [0.5, 0.6) is 0 Å². The van der Waals surface area contributed by atoms with Crippen molar-refractivity contribution in [3.8, 4) is 0 Å². The Kier molecular flexibility index (Phi) is 4.17. The second-order valence-electron chi connectivity index (χ2n) is 4.83. The van der Waals surface area contributed by atoms with Gasteiger partial charge in [0, 0.05) is 12.1 Å². The Morgan fingerprint density at radius 3 is 2.57 bits per heavy atom. The summed E-state index contributed by atoms with van der Waals surface area (Å²) in [5.74, 6) is -0.684. The molecule has 0 spiro atoms. The van der Waals surface area contributed by atoms with Crippen LogP contribution < -0.4 is 5.32 Å². The third-order valence-electron chi connectivity index (χ3n) is 3.05. The minimum Gasteiger partial charge on any atom is -0.324 e. The molecule has 2 rings (SSSR count). The first-order valence-corrected chi connectivity index (χ1v) is 6.63. The van der Waals surface area contributed by atoms with Crippen LogP contribution >= 0.6 is 23.2 Å². The quantitative estimate of drug-likeness (QED) is 0.848. The zero-order valence-electron chi connectivity index (χ0n) is 10.7. The van der Waals surface area contributed by atoms with Gasteiger partial charge in [-0.1, -0.05) is 23.2 Å². The molecule has 114 valence electrons. The number of carbonyl (C=O) groups excluding carboxylic acids is 1. The van der Waals surface area contributed by atoms with Crippen molar-refractivity contribution in [1.29, 1.82) is 0 Å². The molecule has 1 aliphatic heterocycles. The number of nitrogens with one attached hydrogen (secondary N) is 1. The van der Waals surface area contributed by atoms with Crippen LogP contribution in [0.2, 0.25) is 10.0 Å². The molecule has 0 saturated carbocycles. The fraction of sp³-hybridized carbons (Fsp3) is 0.417. The van der Waals surface area contributed by atoms with E-state index in [1.165, 1.54) is 25.1 Å². The van der Waals surface area contributed by atoms with E-state index in [2.05, 4.69) is 15.5 Å². The number of azo groups is 1. The van der Waals surface area contributed by atoms with Gasteiger partial charge in [0.2, 0.25) is 0 Å². The molecule has 0 aromatic heterocycles. The molecule has 1 N–H and O–H groups in total. The molecule has 9 heteroatoms. The topological polar surface area (TPSA) is 53.8 Å². The Balaban J connectivity index is 2.10. The third kappa shape index (κ3) is 3.47. The van der Waals surface area contributed by atoms with Gasteiger partial charge in [0.25, 0.3) is 5.91 Å². The van der Waals surface area contributed by atoms with Crippen molar-refractivity contribution in [1.82, 2.24) is 0 Å². The number of alkyl halides is 3. The summed E-state index contributed by atoms with van der Waals surface area (Å²) in [6.07, 6.45) is -5.03. The molecule has 1 heterocycles. The zero-order chi connectivity index (χ0) is 15.8. The van der Waals surface area contributed by atoms with Crippen molar-refractivity contribution < 1.29 is 18.0 Å². The Morgan fingerprint density at radius 1 is 1.38 bits per heavy atom. The summed E-state index contributed by atoms with van der Waals surface area (Å²) in [6, 6.07) is 2.40. The maximum atomic E-state index is 12.6. The maximum Gasteiger partial charge on any atom is 0.412 e. The zero-order valence-corrected chi connectivity index (χ0v) is 12.2. The SMILES string of the molecule is CC1(C(=O)Nc2ccc(Cl)c(Cl)c2)CC(C(F)(F)F)N=N1. The normalized spacial score (nSPS) is 25.1. The molecule has 2 unspecified atom stereocenters. The minimum absolute atomic E-state index is 0.223. The molecule has 1 aromatic carbocycles. The fourth-order valence-corrected chi connectivity index (χ4v) is 2.11. The van der Waals surface area contributed by atoms with Gasteiger partial charge in [0.15, 0.2) is 11.6 Å². The Bertz CT molecular complexity index is 606. The highest BCUT2D eigenvalue weighted by Crippen LogP contribution is 2.37. The Hall–Kier alpha value is -1.34. The van der Waals surface area contributed by atoms with Gasteiger partial charge in [-0.2, -0.15) is 23.4 Å². The van der Waals surface area contributed by atoms with Crippen LogP contribution in [0.1, 0.15) is 13.3 Å². The average Bonchev–Trinajstić information content (AvgIpc) is 2.78. The lowest BCUT2D eigenvalue weighted by Gasteiger charge is -2.20. The predicted molar refractivity (Wildman–Crippen MR) is 72.8 cm³/mol. The van der Waals surface area contributed by atoms with Crippen molar-refractivity contribution in [2.45, 2.75) is 31.1 Å². The van der Waals surface area contributed by atoms with Crippen LogP contribution in [-0.4, -0.2) is 23.7 Å². The largest absolute Gasteiger partial charge is 0.412 e. The van der Waals surface area contributed by atoms with Gasteiger partial charge in [-0.15, -0.1) is 0 Å². The summed E-state index contributed by atoms with van der Waals surface area (Å²) in [6.45, 7) is 1.30. The summed E-state index contributed by atoms with van der Waals surface area (Å²) < 4.78 is 37.7. The predicted octanol–water partition coefficient (Wildman–Crippen LogP) is 4.48. The highest BCUT2D eigenvalue weighted by atomic mass is 35.5. The van der Waals surface area contributed by atoms with Crippen LogP contribution in [0.4, 0.5) is 18.9 Å². The highest BCUT2D eigenvalue weighted by Gasteiger charge is 2.51. The number of halogens is 5. The molecule has 1 aromatic rings. The molecular weight excluding hydrogens is 330 g/mol. The lowest BCUT2D eigenvalue weighted by Crippen LogP contribution is -2.40. The molecule has 0 radical (unpaired) electrons. The van der Waals surface area contributed by atoms with Crippen molar-refractivity contribution in [2.24, 2.45) is 10.2 Å². The summed E-state index contributed by atoms with van der Waals surface area (Å²) in [5.41, 5.74) is -1.24. The fourth-order valence-electron chi connectivity index (χ4n) is 1.81.